The zero-order chi connectivity index (χ0) is 12.8. The van der Waals surface area contributed by atoms with Gasteiger partial charge in [-0.1, -0.05) is 30.7 Å². The van der Waals surface area contributed by atoms with E-state index in [1.54, 1.807) is 7.11 Å². The van der Waals surface area contributed by atoms with Crippen LogP contribution < -0.4 is 11.3 Å². The van der Waals surface area contributed by atoms with Crippen LogP contribution in [0.5, 0.6) is 0 Å². The molecular weight excluding hydrogens is 212 g/mol. The second-order valence-electron chi connectivity index (χ2n) is 4.59. The Morgan fingerprint density at radius 2 is 2.06 bits per heavy atom. The van der Waals surface area contributed by atoms with Crippen molar-refractivity contribution in [3.63, 3.8) is 0 Å². The van der Waals surface area contributed by atoms with E-state index in [-0.39, 0.29) is 12.1 Å². The lowest BCUT2D eigenvalue weighted by Gasteiger charge is -2.25. The van der Waals surface area contributed by atoms with Gasteiger partial charge in [-0.3, -0.25) is 11.3 Å². The molecule has 2 unspecified atom stereocenters. The first-order valence-electron chi connectivity index (χ1n) is 6.17. The van der Waals surface area contributed by atoms with Crippen molar-refractivity contribution >= 4 is 0 Å². The fraction of sp³-hybridized carbons (Fsp3) is 0.571. The Balaban J connectivity index is 2.83. The number of rotatable bonds is 6. The first kappa shape index (κ1) is 14.2. The van der Waals surface area contributed by atoms with Crippen LogP contribution in [0.1, 0.15) is 30.0 Å². The predicted octanol–water partition coefficient (Wildman–Crippen LogP) is 2.10. The molecule has 3 nitrogen and oxygen atoms in total. The van der Waals surface area contributed by atoms with Crippen molar-refractivity contribution in [2.75, 3.05) is 7.11 Å². The van der Waals surface area contributed by atoms with Gasteiger partial charge in [0.2, 0.25) is 0 Å². The highest BCUT2D eigenvalue weighted by atomic mass is 16.5. The van der Waals surface area contributed by atoms with Crippen molar-refractivity contribution in [2.45, 2.75) is 45.8 Å². The predicted molar refractivity (Wildman–Crippen MR) is 71.8 cm³/mol. The van der Waals surface area contributed by atoms with E-state index in [4.69, 9.17) is 10.6 Å². The van der Waals surface area contributed by atoms with Gasteiger partial charge in [0.1, 0.15) is 0 Å². The third-order valence-corrected chi connectivity index (χ3v) is 3.31. The molecule has 2 atom stereocenters. The van der Waals surface area contributed by atoms with Gasteiger partial charge in [-0.05, 0) is 37.8 Å². The molecule has 0 heterocycles. The quantitative estimate of drug-likeness (QED) is 0.587. The molecule has 1 aromatic rings. The maximum atomic E-state index is 5.63. The fourth-order valence-electron chi connectivity index (χ4n) is 2.17. The van der Waals surface area contributed by atoms with Gasteiger partial charge < -0.3 is 4.74 Å². The van der Waals surface area contributed by atoms with Crippen molar-refractivity contribution in [3.05, 3.63) is 34.9 Å². The molecule has 0 saturated heterocycles. The molecule has 0 aliphatic rings. The highest BCUT2D eigenvalue weighted by molar-refractivity contribution is 5.31. The van der Waals surface area contributed by atoms with Crippen LogP contribution in [0.25, 0.3) is 0 Å². The number of aryl methyl sites for hydroxylation is 2. The Morgan fingerprint density at radius 1 is 1.35 bits per heavy atom. The highest BCUT2D eigenvalue weighted by Crippen LogP contribution is 2.15. The second-order valence-corrected chi connectivity index (χ2v) is 4.59. The summed E-state index contributed by atoms with van der Waals surface area (Å²) >= 11 is 0. The van der Waals surface area contributed by atoms with Crippen LogP contribution in [0.2, 0.25) is 0 Å². The topological polar surface area (TPSA) is 47.3 Å². The molecule has 3 N–H and O–H groups in total. The van der Waals surface area contributed by atoms with Gasteiger partial charge >= 0.3 is 0 Å². The molecule has 0 spiro atoms. The Bertz CT molecular complexity index is 348. The number of methoxy groups -OCH3 is 1. The maximum Gasteiger partial charge on any atom is 0.0738 e. The van der Waals surface area contributed by atoms with Gasteiger partial charge in [0.05, 0.1) is 12.1 Å². The molecule has 0 saturated carbocycles. The first-order chi connectivity index (χ1) is 8.12. The third kappa shape index (κ3) is 3.80. The molecule has 0 fully saturated rings. The lowest BCUT2D eigenvalue weighted by atomic mass is 9.95. The molecule has 1 aromatic carbocycles. The van der Waals surface area contributed by atoms with Crippen molar-refractivity contribution in [1.82, 2.24) is 5.43 Å². The van der Waals surface area contributed by atoms with Crippen LogP contribution in [0, 0.1) is 13.8 Å². The molecule has 17 heavy (non-hydrogen) atoms. The van der Waals surface area contributed by atoms with Crippen LogP contribution >= 0.6 is 0 Å². The molecule has 0 bridgehead atoms. The summed E-state index contributed by atoms with van der Waals surface area (Å²) in [5.41, 5.74) is 6.80. The minimum Gasteiger partial charge on any atom is -0.380 e. The summed E-state index contributed by atoms with van der Waals surface area (Å²) in [5.74, 6) is 5.63. The lowest BCUT2D eigenvalue weighted by Crippen LogP contribution is -2.46. The Morgan fingerprint density at radius 3 is 2.59 bits per heavy atom. The van der Waals surface area contributed by atoms with Crippen molar-refractivity contribution in [1.29, 1.82) is 0 Å². The lowest BCUT2D eigenvalue weighted by molar-refractivity contribution is 0.0653. The highest BCUT2D eigenvalue weighted by Gasteiger charge is 2.19. The van der Waals surface area contributed by atoms with E-state index in [9.17, 15) is 0 Å². The summed E-state index contributed by atoms with van der Waals surface area (Å²) in [7, 11) is 1.74. The molecule has 96 valence electrons. The van der Waals surface area contributed by atoms with E-state index in [1.165, 1.54) is 16.7 Å². The normalized spacial score (nSPS) is 14.6. The van der Waals surface area contributed by atoms with Crippen LogP contribution in [0.3, 0.4) is 0 Å². The Kier molecular flexibility index (Phi) is 5.62. The zero-order valence-electron chi connectivity index (χ0n) is 11.3. The SMILES string of the molecule is CCC(OC)C(Cc1cc(C)ccc1C)NN. The van der Waals surface area contributed by atoms with Crippen LogP contribution in [-0.2, 0) is 11.2 Å². The largest absolute Gasteiger partial charge is 0.380 e. The van der Waals surface area contributed by atoms with E-state index in [2.05, 4.69) is 44.4 Å². The molecule has 0 radical (unpaired) electrons. The van der Waals surface area contributed by atoms with Gasteiger partial charge in [-0.2, -0.15) is 0 Å². The van der Waals surface area contributed by atoms with E-state index >= 15 is 0 Å². The molecule has 0 aromatic heterocycles. The number of benzene rings is 1. The molecule has 0 aliphatic heterocycles. The van der Waals surface area contributed by atoms with Crippen LogP contribution in [-0.4, -0.2) is 19.3 Å². The summed E-state index contributed by atoms with van der Waals surface area (Å²) in [5, 5.41) is 0. The van der Waals surface area contributed by atoms with Gasteiger partial charge in [0.15, 0.2) is 0 Å². The summed E-state index contributed by atoms with van der Waals surface area (Å²) in [6, 6.07) is 6.68. The molecule has 0 amide bonds. The van der Waals surface area contributed by atoms with Gasteiger partial charge in [0.25, 0.3) is 0 Å². The summed E-state index contributed by atoms with van der Waals surface area (Å²) in [6.45, 7) is 6.36. The van der Waals surface area contributed by atoms with Crippen molar-refractivity contribution in [2.24, 2.45) is 5.84 Å². The minimum absolute atomic E-state index is 0.153. The number of ether oxygens (including phenoxy) is 1. The van der Waals surface area contributed by atoms with E-state index in [0.29, 0.717) is 0 Å². The van der Waals surface area contributed by atoms with Gasteiger partial charge in [-0.25, -0.2) is 0 Å². The average molecular weight is 236 g/mol. The van der Waals surface area contributed by atoms with Crippen molar-refractivity contribution < 1.29 is 4.74 Å². The fourth-order valence-corrected chi connectivity index (χ4v) is 2.17. The number of hydrogen-bond donors (Lipinski definition) is 2. The van der Waals surface area contributed by atoms with E-state index in [0.717, 1.165) is 12.8 Å². The Hall–Kier alpha value is -0.900. The number of hydrogen-bond acceptors (Lipinski definition) is 3. The maximum absolute atomic E-state index is 5.63. The zero-order valence-corrected chi connectivity index (χ0v) is 11.3. The number of hydrazine groups is 1. The number of nitrogens with one attached hydrogen (secondary N) is 1. The molecule has 1 rings (SSSR count). The first-order valence-corrected chi connectivity index (χ1v) is 6.17. The van der Waals surface area contributed by atoms with Gasteiger partial charge in [0, 0.05) is 7.11 Å². The van der Waals surface area contributed by atoms with E-state index in [1.807, 2.05) is 0 Å². The smallest absolute Gasteiger partial charge is 0.0738 e. The third-order valence-electron chi connectivity index (χ3n) is 3.31. The molecular formula is C14H24N2O. The van der Waals surface area contributed by atoms with Crippen LogP contribution in [0.15, 0.2) is 18.2 Å². The Labute approximate surface area is 104 Å². The molecule has 0 aliphatic carbocycles. The standard InChI is InChI=1S/C14H24N2O/c1-5-14(17-4)13(16-15)9-12-8-10(2)6-7-11(12)3/h6-8,13-14,16H,5,9,15H2,1-4H3. The summed E-state index contributed by atoms with van der Waals surface area (Å²) in [4.78, 5) is 0. The summed E-state index contributed by atoms with van der Waals surface area (Å²) < 4.78 is 5.45. The van der Waals surface area contributed by atoms with Crippen LogP contribution in [0.4, 0.5) is 0 Å². The number of nitrogens with two attached hydrogens (primary N) is 1. The van der Waals surface area contributed by atoms with Crippen molar-refractivity contribution in [3.8, 4) is 0 Å². The minimum atomic E-state index is 0.153. The van der Waals surface area contributed by atoms with E-state index < -0.39 is 0 Å². The summed E-state index contributed by atoms with van der Waals surface area (Å²) in [6.07, 6.45) is 2.01. The molecule has 3 heteroatoms. The van der Waals surface area contributed by atoms with Gasteiger partial charge in [-0.15, -0.1) is 0 Å². The second kappa shape index (κ2) is 6.74. The average Bonchev–Trinajstić information content (AvgIpc) is 2.33. The monoisotopic (exact) mass is 236 g/mol.